The predicted octanol–water partition coefficient (Wildman–Crippen LogP) is 9.99. The smallest absolute Gasteiger partial charge is 0.201 e. The molecule has 3 nitrogen and oxygen atoms in total. The van der Waals surface area contributed by atoms with Gasteiger partial charge in [0.05, 0.1) is 19.8 Å². The van der Waals surface area contributed by atoms with E-state index in [1.807, 2.05) is 19.1 Å². The van der Waals surface area contributed by atoms with Gasteiger partial charge < -0.3 is 14.2 Å². The summed E-state index contributed by atoms with van der Waals surface area (Å²) in [5.41, 5.74) is 2.73. The molecule has 6 heteroatoms. The van der Waals surface area contributed by atoms with Gasteiger partial charge in [-0.3, -0.25) is 0 Å². The van der Waals surface area contributed by atoms with Crippen LogP contribution in [0.5, 0.6) is 5.75 Å². The Morgan fingerprint density at radius 2 is 1.49 bits per heavy atom. The molecule has 0 spiro atoms. The topological polar surface area (TPSA) is 27.7 Å². The molecule has 0 amide bonds. The number of hydrogen-bond donors (Lipinski definition) is 0. The quantitative estimate of drug-likeness (QED) is 0.144. The lowest BCUT2D eigenvalue weighted by Crippen LogP contribution is -2.31. The standard InChI is InChI=1S/C35H41F3O3/c1-3-5-7-8-9-11-21-39-32-20-19-30(34(37)35(32)38)26-15-13-25(14-16-26)27-17-18-29(31(36)22-27)28-23-40-33(41-24-28)12-10-6-4-2/h4,6,13-20,22,28,33H,3,5,7-12,21,23-24H2,1-2H3. The van der Waals surface area contributed by atoms with E-state index in [9.17, 15) is 8.78 Å². The molecule has 4 rings (SSSR count). The van der Waals surface area contributed by atoms with E-state index in [1.54, 1.807) is 30.3 Å². The zero-order valence-corrected chi connectivity index (χ0v) is 24.1. The van der Waals surface area contributed by atoms with E-state index in [0.29, 0.717) is 36.5 Å². The molecule has 3 aromatic carbocycles. The molecule has 0 aliphatic carbocycles. The number of rotatable bonds is 14. The summed E-state index contributed by atoms with van der Waals surface area (Å²) in [5.74, 6) is -2.46. The van der Waals surface area contributed by atoms with E-state index in [4.69, 9.17) is 14.2 Å². The van der Waals surface area contributed by atoms with Gasteiger partial charge in [-0.25, -0.2) is 8.78 Å². The molecule has 1 heterocycles. The maximum absolute atomic E-state index is 15.1. The third-order valence-corrected chi connectivity index (χ3v) is 7.54. The molecule has 0 unspecified atom stereocenters. The number of allylic oxidation sites excluding steroid dienone is 2. The molecule has 0 radical (unpaired) electrons. The summed E-state index contributed by atoms with van der Waals surface area (Å²) in [7, 11) is 0. The first-order valence-electron chi connectivity index (χ1n) is 14.9. The second-order valence-corrected chi connectivity index (χ2v) is 10.6. The second-order valence-electron chi connectivity index (χ2n) is 10.6. The molecule has 220 valence electrons. The first-order valence-corrected chi connectivity index (χ1v) is 14.9. The summed E-state index contributed by atoms with van der Waals surface area (Å²) in [6.45, 7) is 5.34. The molecule has 41 heavy (non-hydrogen) atoms. The molecule has 0 aromatic heterocycles. The molecule has 0 N–H and O–H groups in total. The normalized spacial score (nSPS) is 17.3. The van der Waals surface area contributed by atoms with E-state index in [-0.39, 0.29) is 29.3 Å². The Balaban J connectivity index is 1.35. The highest BCUT2D eigenvalue weighted by Gasteiger charge is 2.25. The number of unbranched alkanes of at least 4 members (excludes halogenated alkanes) is 5. The maximum atomic E-state index is 15.1. The van der Waals surface area contributed by atoms with Crippen molar-refractivity contribution in [2.45, 2.75) is 77.4 Å². The van der Waals surface area contributed by atoms with Crippen LogP contribution in [0.4, 0.5) is 13.2 Å². The van der Waals surface area contributed by atoms with Crippen LogP contribution >= 0.6 is 0 Å². The van der Waals surface area contributed by atoms with E-state index < -0.39 is 11.6 Å². The zero-order chi connectivity index (χ0) is 29.0. The van der Waals surface area contributed by atoms with E-state index in [1.165, 1.54) is 37.5 Å². The van der Waals surface area contributed by atoms with Gasteiger partial charge in [0, 0.05) is 17.9 Å². The van der Waals surface area contributed by atoms with Crippen molar-refractivity contribution in [2.75, 3.05) is 19.8 Å². The number of ether oxygens (including phenoxy) is 3. The Labute approximate surface area is 242 Å². The molecule has 1 saturated heterocycles. The van der Waals surface area contributed by atoms with Crippen molar-refractivity contribution in [1.29, 1.82) is 0 Å². The molecule has 1 aliphatic heterocycles. The predicted molar refractivity (Wildman–Crippen MR) is 159 cm³/mol. The second kappa shape index (κ2) is 15.8. The number of benzene rings is 3. The van der Waals surface area contributed by atoms with Gasteiger partial charge in [0.2, 0.25) is 5.82 Å². The number of halogens is 3. The summed E-state index contributed by atoms with van der Waals surface area (Å²) in [4.78, 5) is 0. The lowest BCUT2D eigenvalue weighted by atomic mass is 9.95. The van der Waals surface area contributed by atoms with Gasteiger partial charge in [-0.2, -0.15) is 4.39 Å². The summed E-state index contributed by atoms with van der Waals surface area (Å²) >= 11 is 0. The highest BCUT2D eigenvalue weighted by atomic mass is 19.2. The van der Waals surface area contributed by atoms with Crippen LogP contribution in [-0.4, -0.2) is 26.1 Å². The largest absolute Gasteiger partial charge is 0.490 e. The fourth-order valence-corrected chi connectivity index (χ4v) is 5.10. The van der Waals surface area contributed by atoms with Crippen molar-refractivity contribution in [1.82, 2.24) is 0 Å². The van der Waals surface area contributed by atoms with Crippen LogP contribution in [0.25, 0.3) is 22.3 Å². The molecule has 1 aliphatic rings. The van der Waals surface area contributed by atoms with E-state index in [2.05, 4.69) is 13.0 Å². The Morgan fingerprint density at radius 3 is 2.20 bits per heavy atom. The molecular weight excluding hydrogens is 525 g/mol. The van der Waals surface area contributed by atoms with E-state index in [0.717, 1.165) is 37.7 Å². The first kappa shape index (κ1) is 30.9. The minimum atomic E-state index is -0.977. The van der Waals surface area contributed by atoms with Crippen LogP contribution in [0.2, 0.25) is 0 Å². The molecule has 1 fully saturated rings. The first-order chi connectivity index (χ1) is 20.0. The molecule has 3 aromatic rings. The van der Waals surface area contributed by atoms with Crippen molar-refractivity contribution in [3.63, 3.8) is 0 Å². The van der Waals surface area contributed by atoms with Crippen LogP contribution in [0.1, 0.15) is 76.7 Å². The molecule has 0 atom stereocenters. The Bertz CT molecular complexity index is 1260. The van der Waals surface area contributed by atoms with Crippen LogP contribution in [0.15, 0.2) is 66.7 Å². The third kappa shape index (κ3) is 8.46. The summed E-state index contributed by atoms with van der Waals surface area (Å²) in [5, 5.41) is 0. The fourth-order valence-electron chi connectivity index (χ4n) is 5.10. The molecular formula is C35H41F3O3. The minimum absolute atomic E-state index is 0.0649. The lowest BCUT2D eigenvalue weighted by Gasteiger charge is -2.29. The van der Waals surface area contributed by atoms with Gasteiger partial charge in [0.1, 0.15) is 5.82 Å². The highest BCUT2D eigenvalue weighted by molar-refractivity contribution is 5.71. The van der Waals surface area contributed by atoms with E-state index >= 15 is 4.39 Å². The Hall–Kier alpha value is -3.09. The summed E-state index contributed by atoms with van der Waals surface area (Å²) < 4.78 is 61.9. The van der Waals surface area contributed by atoms with Crippen LogP contribution < -0.4 is 4.74 Å². The Kier molecular flexibility index (Phi) is 11.9. The number of hydrogen-bond acceptors (Lipinski definition) is 3. The lowest BCUT2D eigenvalue weighted by molar-refractivity contribution is -0.189. The van der Waals surface area contributed by atoms with Gasteiger partial charge in [-0.1, -0.05) is 87.6 Å². The Morgan fingerprint density at radius 1 is 0.805 bits per heavy atom. The monoisotopic (exact) mass is 566 g/mol. The van der Waals surface area contributed by atoms with Gasteiger partial charge in [0.25, 0.3) is 0 Å². The van der Waals surface area contributed by atoms with Crippen molar-refractivity contribution in [2.24, 2.45) is 0 Å². The van der Waals surface area contributed by atoms with Crippen molar-refractivity contribution < 1.29 is 27.4 Å². The highest BCUT2D eigenvalue weighted by Crippen LogP contribution is 2.33. The van der Waals surface area contributed by atoms with Gasteiger partial charge in [-0.05, 0) is 60.2 Å². The van der Waals surface area contributed by atoms with Gasteiger partial charge in [0.15, 0.2) is 17.9 Å². The average molecular weight is 567 g/mol. The van der Waals surface area contributed by atoms with Crippen LogP contribution in [-0.2, 0) is 9.47 Å². The summed E-state index contributed by atoms with van der Waals surface area (Å²) in [6.07, 6.45) is 12.0. The van der Waals surface area contributed by atoms with Crippen molar-refractivity contribution in [3.05, 3.63) is 89.8 Å². The maximum Gasteiger partial charge on any atom is 0.201 e. The zero-order valence-electron chi connectivity index (χ0n) is 24.1. The third-order valence-electron chi connectivity index (χ3n) is 7.54. The van der Waals surface area contributed by atoms with Crippen molar-refractivity contribution >= 4 is 0 Å². The molecule has 0 saturated carbocycles. The SMILES string of the molecule is CC=CCCC1OCC(c2ccc(-c3ccc(-c4ccc(OCCCCCCCC)c(F)c4F)cc3)cc2F)CO1. The van der Waals surface area contributed by atoms with Crippen LogP contribution in [0, 0.1) is 17.5 Å². The summed E-state index contributed by atoms with van der Waals surface area (Å²) in [6, 6.07) is 15.2. The average Bonchev–Trinajstić information content (AvgIpc) is 2.99. The van der Waals surface area contributed by atoms with Crippen LogP contribution in [0.3, 0.4) is 0 Å². The molecule has 0 bridgehead atoms. The van der Waals surface area contributed by atoms with Crippen molar-refractivity contribution in [3.8, 4) is 28.0 Å². The van der Waals surface area contributed by atoms with Gasteiger partial charge >= 0.3 is 0 Å². The van der Waals surface area contributed by atoms with Gasteiger partial charge in [-0.15, -0.1) is 0 Å². The minimum Gasteiger partial charge on any atom is -0.490 e. The fraction of sp³-hybridized carbons (Fsp3) is 0.429.